The van der Waals surface area contributed by atoms with E-state index in [1.54, 1.807) is 12.0 Å². The Morgan fingerprint density at radius 3 is 2.40 bits per heavy atom. The van der Waals surface area contributed by atoms with Crippen molar-refractivity contribution in [1.29, 1.82) is 0 Å². The number of methoxy groups -OCH3 is 1. The number of para-hydroxylation sites is 1. The molecule has 3 aromatic rings. The molecular formula is C37H49N7O6. The van der Waals surface area contributed by atoms with Crippen LogP contribution in [0.2, 0.25) is 0 Å². The summed E-state index contributed by atoms with van der Waals surface area (Å²) in [5, 5.41) is 8.75. The van der Waals surface area contributed by atoms with Gasteiger partial charge in [-0.25, -0.2) is 9.78 Å². The maximum atomic E-state index is 12.4. The van der Waals surface area contributed by atoms with E-state index in [4.69, 9.17) is 29.4 Å². The van der Waals surface area contributed by atoms with Crippen molar-refractivity contribution in [3.05, 3.63) is 48.7 Å². The fourth-order valence-electron chi connectivity index (χ4n) is 7.52. The largest absolute Gasteiger partial charge is 0.474 e. The molecule has 7 rings (SSSR count). The fraction of sp³-hybridized carbons (Fsp3) is 0.568. The van der Waals surface area contributed by atoms with Crippen molar-refractivity contribution in [2.45, 2.75) is 95.3 Å². The van der Waals surface area contributed by atoms with E-state index in [2.05, 4.69) is 37.1 Å². The number of piperidine rings is 1. The molecule has 4 fully saturated rings. The normalized spacial score (nSPS) is 23.8. The molecule has 1 saturated carbocycles. The number of carbonyl (C=O) groups is 1. The van der Waals surface area contributed by atoms with Gasteiger partial charge in [-0.15, -0.1) is 10.2 Å². The highest BCUT2D eigenvalue weighted by Crippen LogP contribution is 2.40. The Balaban J connectivity index is 0.925. The van der Waals surface area contributed by atoms with Crippen LogP contribution >= 0.6 is 0 Å². The van der Waals surface area contributed by atoms with Crippen molar-refractivity contribution in [2.75, 3.05) is 55.6 Å². The second-order valence-corrected chi connectivity index (χ2v) is 14.7. The molecule has 0 radical (unpaired) electrons. The molecular weight excluding hydrogens is 638 g/mol. The molecule has 13 nitrogen and oxygen atoms in total. The van der Waals surface area contributed by atoms with Crippen molar-refractivity contribution >= 4 is 23.3 Å². The zero-order valence-electron chi connectivity index (χ0n) is 29.5. The van der Waals surface area contributed by atoms with Crippen molar-refractivity contribution in [2.24, 2.45) is 0 Å². The molecule has 3 aliphatic heterocycles. The predicted molar refractivity (Wildman–Crippen MR) is 189 cm³/mol. The van der Waals surface area contributed by atoms with Gasteiger partial charge in [0.25, 0.3) is 0 Å². The number of fused-ring (bicyclic) bond motifs is 2. The van der Waals surface area contributed by atoms with Gasteiger partial charge < -0.3 is 44.1 Å². The molecule has 4 aliphatic rings. The van der Waals surface area contributed by atoms with Crippen molar-refractivity contribution in [1.82, 2.24) is 20.1 Å². The number of nitrogens with two attached hydrogens (primary N) is 1. The first-order chi connectivity index (χ1) is 24.1. The monoisotopic (exact) mass is 687 g/mol. The van der Waals surface area contributed by atoms with Gasteiger partial charge in [0, 0.05) is 81.7 Å². The first kappa shape index (κ1) is 34.1. The van der Waals surface area contributed by atoms with E-state index in [-0.39, 0.29) is 31.2 Å². The lowest BCUT2D eigenvalue weighted by atomic mass is 9.91. The average Bonchev–Trinajstić information content (AvgIpc) is 3.35. The maximum absolute atomic E-state index is 12.4. The smallest absolute Gasteiger partial charge is 0.410 e. The SMILES string of the molecule is COCOc1ccccc1-c1cc(N2CC3CC[C@H](C2)N3c2ccnc(OC3CC(OC4CCN(C(=O)OC(C)(C)C)CC4)C3)c2)c(N)nn1. The van der Waals surface area contributed by atoms with E-state index in [0.717, 1.165) is 68.6 Å². The number of benzene rings is 1. The summed E-state index contributed by atoms with van der Waals surface area (Å²) in [6.07, 6.45) is 7.54. The average molecular weight is 688 g/mol. The van der Waals surface area contributed by atoms with E-state index in [9.17, 15) is 4.79 Å². The summed E-state index contributed by atoms with van der Waals surface area (Å²) in [7, 11) is 1.60. The van der Waals surface area contributed by atoms with Crippen LogP contribution in [0.4, 0.5) is 22.0 Å². The third kappa shape index (κ3) is 7.68. The molecule has 2 atom stereocenters. The quantitative estimate of drug-likeness (QED) is 0.277. The molecule has 2 aromatic heterocycles. The highest BCUT2D eigenvalue weighted by atomic mass is 16.7. The number of piperazine rings is 1. The lowest BCUT2D eigenvalue weighted by Crippen LogP contribution is -2.54. The number of hydrogen-bond donors (Lipinski definition) is 1. The molecule has 1 unspecified atom stereocenters. The van der Waals surface area contributed by atoms with Crippen LogP contribution in [-0.2, 0) is 14.2 Å². The van der Waals surface area contributed by atoms with E-state index >= 15 is 0 Å². The van der Waals surface area contributed by atoms with Gasteiger partial charge in [-0.1, -0.05) is 12.1 Å². The van der Waals surface area contributed by atoms with Gasteiger partial charge >= 0.3 is 6.09 Å². The second kappa shape index (κ2) is 14.5. The van der Waals surface area contributed by atoms with E-state index in [0.29, 0.717) is 48.3 Å². The Bertz CT molecular complexity index is 1620. The number of carbonyl (C=O) groups excluding carboxylic acids is 1. The molecule has 5 heterocycles. The zero-order valence-corrected chi connectivity index (χ0v) is 29.5. The Labute approximate surface area is 294 Å². The third-order valence-electron chi connectivity index (χ3n) is 9.95. The molecule has 268 valence electrons. The zero-order chi connectivity index (χ0) is 34.8. The Hall–Kier alpha value is -4.36. The summed E-state index contributed by atoms with van der Waals surface area (Å²) in [6.45, 7) is 8.79. The summed E-state index contributed by atoms with van der Waals surface area (Å²) < 4.78 is 29.1. The molecule has 1 aliphatic carbocycles. The van der Waals surface area contributed by atoms with Crippen LogP contribution in [0.1, 0.15) is 59.3 Å². The van der Waals surface area contributed by atoms with Gasteiger partial charge in [-0.2, -0.15) is 0 Å². The van der Waals surface area contributed by atoms with E-state index in [1.807, 2.05) is 57.3 Å². The van der Waals surface area contributed by atoms with Crippen molar-refractivity contribution in [3.8, 4) is 22.9 Å². The number of nitrogen functional groups attached to an aromatic ring is 1. The number of nitrogens with zero attached hydrogens (tertiary/aromatic N) is 6. The van der Waals surface area contributed by atoms with Crippen LogP contribution in [0.5, 0.6) is 11.6 Å². The van der Waals surface area contributed by atoms with Crippen LogP contribution in [0.25, 0.3) is 11.3 Å². The fourth-order valence-corrected chi connectivity index (χ4v) is 7.52. The van der Waals surface area contributed by atoms with Crippen molar-refractivity contribution in [3.63, 3.8) is 0 Å². The van der Waals surface area contributed by atoms with Gasteiger partial charge in [-0.05, 0) is 70.7 Å². The number of ether oxygens (including phenoxy) is 5. The molecule has 2 bridgehead atoms. The maximum Gasteiger partial charge on any atom is 0.410 e. The highest BCUT2D eigenvalue weighted by molar-refractivity contribution is 5.75. The standard InChI is InChI=1S/C37H49N7O6/c1-37(2,3)50-36(45)42-15-12-27(13-16-42)48-28-18-29(19-28)49-34-17-24(11-14-39-34)44-25-9-10-26(44)22-43(21-25)32-20-31(40-41-35(32)38)30-7-5-6-8-33(30)47-23-46-4/h5-8,11,14,17,20,25-29H,9-10,12-13,15-16,18-19,21-23H2,1-4H3,(H2,38,41)/t25-,26?,28?,29?/m1/s1. The van der Waals surface area contributed by atoms with Gasteiger partial charge in [0.15, 0.2) is 12.6 Å². The number of likely N-dealkylation sites (tertiary alicyclic amines) is 1. The van der Waals surface area contributed by atoms with Crippen LogP contribution in [0.3, 0.4) is 0 Å². The minimum atomic E-state index is -0.484. The number of pyridine rings is 1. The number of aromatic nitrogens is 3. The first-order valence-corrected chi connectivity index (χ1v) is 17.8. The van der Waals surface area contributed by atoms with Crippen LogP contribution in [0, 0.1) is 0 Å². The van der Waals surface area contributed by atoms with Crippen molar-refractivity contribution < 1.29 is 28.5 Å². The third-order valence-corrected chi connectivity index (χ3v) is 9.95. The number of amides is 1. The molecule has 0 spiro atoms. The second-order valence-electron chi connectivity index (χ2n) is 14.7. The van der Waals surface area contributed by atoms with Gasteiger partial charge in [-0.3, -0.25) is 0 Å². The Morgan fingerprint density at radius 1 is 0.940 bits per heavy atom. The molecule has 1 amide bonds. The summed E-state index contributed by atoms with van der Waals surface area (Å²) in [5.41, 5.74) is 9.51. The number of rotatable bonds is 10. The molecule has 13 heteroatoms. The lowest BCUT2D eigenvalue weighted by Gasteiger charge is -2.43. The summed E-state index contributed by atoms with van der Waals surface area (Å²) in [6, 6.07) is 14.6. The minimum absolute atomic E-state index is 0.0829. The van der Waals surface area contributed by atoms with E-state index < -0.39 is 5.60 Å². The lowest BCUT2D eigenvalue weighted by molar-refractivity contribution is -0.110. The summed E-state index contributed by atoms with van der Waals surface area (Å²) >= 11 is 0. The summed E-state index contributed by atoms with van der Waals surface area (Å²) in [4.78, 5) is 23.6. The minimum Gasteiger partial charge on any atom is -0.474 e. The van der Waals surface area contributed by atoms with Gasteiger partial charge in [0.1, 0.15) is 17.5 Å². The molecule has 1 aromatic carbocycles. The molecule has 3 saturated heterocycles. The Kier molecular flexibility index (Phi) is 9.87. The topological polar surface area (TPSA) is 138 Å². The van der Waals surface area contributed by atoms with Crippen LogP contribution in [-0.4, -0.2) is 102 Å². The van der Waals surface area contributed by atoms with Crippen LogP contribution < -0.4 is 25.0 Å². The summed E-state index contributed by atoms with van der Waals surface area (Å²) in [5.74, 6) is 1.76. The highest BCUT2D eigenvalue weighted by Gasteiger charge is 2.41. The molecule has 2 N–H and O–H groups in total. The van der Waals surface area contributed by atoms with Gasteiger partial charge in [0.05, 0.1) is 23.6 Å². The van der Waals surface area contributed by atoms with Crippen LogP contribution in [0.15, 0.2) is 48.7 Å². The number of hydrogen-bond acceptors (Lipinski definition) is 12. The predicted octanol–water partition coefficient (Wildman–Crippen LogP) is 5.29. The Morgan fingerprint density at radius 2 is 1.68 bits per heavy atom. The van der Waals surface area contributed by atoms with E-state index in [1.165, 1.54) is 0 Å². The first-order valence-electron chi connectivity index (χ1n) is 17.8. The molecule has 50 heavy (non-hydrogen) atoms. The number of anilines is 3. The van der Waals surface area contributed by atoms with Gasteiger partial charge in [0.2, 0.25) is 5.88 Å².